The third-order valence-electron chi connectivity index (χ3n) is 3.75. The minimum absolute atomic E-state index is 0.0273. The lowest BCUT2D eigenvalue weighted by molar-refractivity contribution is -0.0208. The first-order valence-electron chi connectivity index (χ1n) is 7.26. The van der Waals surface area contributed by atoms with Crippen molar-refractivity contribution in [2.75, 3.05) is 19.7 Å². The zero-order chi connectivity index (χ0) is 15.5. The zero-order valence-electron chi connectivity index (χ0n) is 12.4. The zero-order valence-corrected chi connectivity index (χ0v) is 12.4. The number of carbonyl (C=O) groups excluding carboxylic acids is 1. The van der Waals surface area contributed by atoms with Gasteiger partial charge in [0.15, 0.2) is 0 Å². The standard InChI is InChI=1S/C16H18FN3O2/c1-19-10-13(9-18-19)16(21)20-6-7-22-15(11-20)8-12-2-4-14(17)5-3-12/h2-5,9-10,15H,6-8,11H2,1H3/t15-/m1/s1. The van der Waals surface area contributed by atoms with Gasteiger partial charge in [0.1, 0.15) is 5.82 Å². The molecule has 0 aliphatic carbocycles. The second-order valence-corrected chi connectivity index (χ2v) is 5.48. The van der Waals surface area contributed by atoms with E-state index in [0.717, 1.165) is 5.56 Å². The lowest BCUT2D eigenvalue weighted by Crippen LogP contribution is -2.46. The summed E-state index contributed by atoms with van der Waals surface area (Å²) in [5, 5.41) is 4.03. The number of ether oxygens (including phenoxy) is 1. The van der Waals surface area contributed by atoms with E-state index in [4.69, 9.17) is 4.74 Å². The Hall–Kier alpha value is -2.21. The maximum absolute atomic E-state index is 12.9. The first kappa shape index (κ1) is 14.7. The van der Waals surface area contributed by atoms with Crippen molar-refractivity contribution < 1.29 is 13.9 Å². The lowest BCUT2D eigenvalue weighted by atomic mass is 10.1. The Morgan fingerprint density at radius 3 is 2.86 bits per heavy atom. The van der Waals surface area contributed by atoms with Crippen LogP contribution in [-0.2, 0) is 18.2 Å². The highest BCUT2D eigenvalue weighted by Gasteiger charge is 2.25. The van der Waals surface area contributed by atoms with Gasteiger partial charge in [0, 0.05) is 32.8 Å². The number of nitrogens with zero attached hydrogens (tertiary/aromatic N) is 3. The quantitative estimate of drug-likeness (QED) is 0.866. The number of aromatic nitrogens is 2. The first-order chi connectivity index (χ1) is 10.6. The number of rotatable bonds is 3. The topological polar surface area (TPSA) is 47.4 Å². The summed E-state index contributed by atoms with van der Waals surface area (Å²) in [6, 6.07) is 6.38. The Labute approximate surface area is 128 Å². The molecule has 0 radical (unpaired) electrons. The minimum Gasteiger partial charge on any atom is -0.374 e. The van der Waals surface area contributed by atoms with E-state index in [0.29, 0.717) is 31.7 Å². The van der Waals surface area contributed by atoms with Gasteiger partial charge in [0.2, 0.25) is 0 Å². The SMILES string of the molecule is Cn1cc(C(=O)N2CCO[C@H](Cc3ccc(F)cc3)C2)cn1. The second kappa shape index (κ2) is 6.27. The van der Waals surface area contributed by atoms with E-state index in [-0.39, 0.29) is 17.8 Å². The van der Waals surface area contributed by atoms with Crippen LogP contribution in [0.3, 0.4) is 0 Å². The van der Waals surface area contributed by atoms with Crippen molar-refractivity contribution in [1.82, 2.24) is 14.7 Å². The van der Waals surface area contributed by atoms with Gasteiger partial charge in [-0.2, -0.15) is 5.10 Å². The molecule has 1 saturated heterocycles. The molecular weight excluding hydrogens is 285 g/mol. The molecule has 1 atom stereocenters. The summed E-state index contributed by atoms with van der Waals surface area (Å²) in [4.78, 5) is 14.2. The van der Waals surface area contributed by atoms with Gasteiger partial charge in [-0.15, -0.1) is 0 Å². The molecule has 1 aliphatic rings. The fraction of sp³-hybridized carbons (Fsp3) is 0.375. The fourth-order valence-corrected chi connectivity index (χ4v) is 2.62. The number of carbonyl (C=O) groups is 1. The molecule has 0 unspecified atom stereocenters. The van der Waals surface area contributed by atoms with Crippen LogP contribution in [0, 0.1) is 5.82 Å². The number of hydrogen-bond donors (Lipinski definition) is 0. The van der Waals surface area contributed by atoms with Crippen molar-refractivity contribution in [3.63, 3.8) is 0 Å². The predicted molar refractivity (Wildman–Crippen MR) is 79.0 cm³/mol. The summed E-state index contributed by atoms with van der Waals surface area (Å²) >= 11 is 0. The van der Waals surface area contributed by atoms with Gasteiger partial charge >= 0.3 is 0 Å². The van der Waals surface area contributed by atoms with Gasteiger partial charge in [-0.1, -0.05) is 12.1 Å². The molecule has 5 nitrogen and oxygen atoms in total. The van der Waals surface area contributed by atoms with Crippen LogP contribution in [0.5, 0.6) is 0 Å². The average molecular weight is 303 g/mol. The van der Waals surface area contributed by atoms with Crippen molar-refractivity contribution in [3.8, 4) is 0 Å². The summed E-state index contributed by atoms with van der Waals surface area (Å²) in [6.45, 7) is 1.62. The Bertz CT molecular complexity index is 654. The van der Waals surface area contributed by atoms with E-state index in [1.807, 2.05) is 0 Å². The van der Waals surface area contributed by atoms with Crippen LogP contribution in [-0.4, -0.2) is 46.4 Å². The Balaban J connectivity index is 1.63. The van der Waals surface area contributed by atoms with Crippen molar-refractivity contribution in [2.45, 2.75) is 12.5 Å². The molecule has 1 fully saturated rings. The highest BCUT2D eigenvalue weighted by Crippen LogP contribution is 2.14. The van der Waals surface area contributed by atoms with Crippen LogP contribution in [0.25, 0.3) is 0 Å². The third kappa shape index (κ3) is 3.33. The van der Waals surface area contributed by atoms with Gasteiger partial charge < -0.3 is 9.64 Å². The Morgan fingerprint density at radius 1 is 1.41 bits per heavy atom. The van der Waals surface area contributed by atoms with Crippen molar-refractivity contribution in [3.05, 3.63) is 53.6 Å². The summed E-state index contributed by atoms with van der Waals surface area (Å²) in [6.07, 6.45) is 3.89. The Morgan fingerprint density at radius 2 is 2.18 bits per heavy atom. The van der Waals surface area contributed by atoms with Crippen LogP contribution in [0.2, 0.25) is 0 Å². The number of aryl methyl sites for hydroxylation is 1. The van der Waals surface area contributed by atoms with Crippen LogP contribution < -0.4 is 0 Å². The van der Waals surface area contributed by atoms with Crippen LogP contribution in [0.1, 0.15) is 15.9 Å². The highest BCUT2D eigenvalue weighted by molar-refractivity contribution is 5.93. The molecule has 0 spiro atoms. The molecule has 0 bridgehead atoms. The molecule has 6 heteroatoms. The molecular formula is C16H18FN3O2. The molecule has 2 heterocycles. The maximum Gasteiger partial charge on any atom is 0.257 e. The number of benzene rings is 1. The second-order valence-electron chi connectivity index (χ2n) is 5.48. The summed E-state index contributed by atoms with van der Waals surface area (Å²) in [5.74, 6) is -0.276. The van der Waals surface area contributed by atoms with E-state index in [9.17, 15) is 9.18 Å². The van der Waals surface area contributed by atoms with E-state index >= 15 is 0 Å². The van der Waals surface area contributed by atoms with Gasteiger partial charge in [-0.25, -0.2) is 4.39 Å². The molecule has 3 rings (SSSR count). The monoisotopic (exact) mass is 303 g/mol. The first-order valence-corrected chi connectivity index (χ1v) is 7.26. The summed E-state index contributed by atoms with van der Waals surface area (Å²) < 4.78 is 20.3. The summed E-state index contributed by atoms with van der Waals surface area (Å²) in [5.41, 5.74) is 1.59. The van der Waals surface area contributed by atoms with Crippen molar-refractivity contribution in [1.29, 1.82) is 0 Å². The molecule has 1 aromatic carbocycles. The third-order valence-corrected chi connectivity index (χ3v) is 3.75. The normalized spacial score (nSPS) is 18.5. The van der Waals surface area contributed by atoms with Gasteiger partial charge in [-0.3, -0.25) is 9.48 Å². The van der Waals surface area contributed by atoms with Gasteiger partial charge in [-0.05, 0) is 17.7 Å². The molecule has 0 saturated carbocycles. The van der Waals surface area contributed by atoms with E-state index in [1.165, 1.54) is 12.1 Å². The van der Waals surface area contributed by atoms with E-state index in [1.54, 1.807) is 41.2 Å². The van der Waals surface area contributed by atoms with E-state index in [2.05, 4.69) is 5.10 Å². The minimum atomic E-state index is -0.248. The molecule has 2 aromatic rings. The van der Waals surface area contributed by atoms with Crippen LogP contribution in [0.4, 0.5) is 4.39 Å². The maximum atomic E-state index is 12.9. The van der Waals surface area contributed by atoms with Crippen molar-refractivity contribution >= 4 is 5.91 Å². The molecule has 22 heavy (non-hydrogen) atoms. The van der Waals surface area contributed by atoms with Crippen LogP contribution in [0.15, 0.2) is 36.7 Å². The number of amides is 1. The van der Waals surface area contributed by atoms with Gasteiger partial charge in [0.25, 0.3) is 5.91 Å². The molecule has 116 valence electrons. The van der Waals surface area contributed by atoms with E-state index < -0.39 is 0 Å². The highest BCUT2D eigenvalue weighted by atomic mass is 19.1. The lowest BCUT2D eigenvalue weighted by Gasteiger charge is -2.32. The predicted octanol–water partition coefficient (Wildman–Crippen LogP) is 1.64. The van der Waals surface area contributed by atoms with Crippen LogP contribution >= 0.6 is 0 Å². The average Bonchev–Trinajstić information content (AvgIpc) is 2.96. The van der Waals surface area contributed by atoms with Gasteiger partial charge in [0.05, 0.1) is 24.5 Å². The summed E-state index contributed by atoms with van der Waals surface area (Å²) in [7, 11) is 1.79. The molecule has 1 aromatic heterocycles. The molecule has 1 aliphatic heterocycles. The van der Waals surface area contributed by atoms with Crippen molar-refractivity contribution in [2.24, 2.45) is 7.05 Å². The number of morpholine rings is 1. The Kier molecular flexibility index (Phi) is 4.20. The number of halogens is 1. The molecule has 0 N–H and O–H groups in total. The molecule has 1 amide bonds. The fourth-order valence-electron chi connectivity index (χ4n) is 2.62. The largest absolute Gasteiger partial charge is 0.374 e. The number of hydrogen-bond acceptors (Lipinski definition) is 3. The smallest absolute Gasteiger partial charge is 0.257 e.